The van der Waals surface area contributed by atoms with Gasteiger partial charge >= 0.3 is 0 Å². The topological polar surface area (TPSA) is 55.1 Å². The highest BCUT2D eigenvalue weighted by atomic mass is 32.1. The van der Waals surface area contributed by atoms with Gasteiger partial charge in [-0.05, 0) is 24.1 Å². The van der Waals surface area contributed by atoms with Gasteiger partial charge in [-0.1, -0.05) is 61.6 Å². The van der Waals surface area contributed by atoms with Crippen molar-refractivity contribution in [2.75, 3.05) is 5.32 Å². The zero-order valence-corrected chi connectivity index (χ0v) is 12.7. The molecule has 2 aromatic rings. The number of rotatable bonds is 5. The maximum atomic E-state index is 12.5. The maximum absolute atomic E-state index is 12.5. The van der Waals surface area contributed by atoms with Crippen molar-refractivity contribution in [2.24, 2.45) is 5.73 Å². The van der Waals surface area contributed by atoms with Crippen molar-refractivity contribution in [1.29, 1.82) is 0 Å². The fourth-order valence-corrected chi connectivity index (χ4v) is 2.46. The van der Waals surface area contributed by atoms with Gasteiger partial charge in [0.2, 0.25) is 5.91 Å². The Kier molecular flexibility index (Phi) is 5.06. The van der Waals surface area contributed by atoms with Crippen molar-refractivity contribution < 1.29 is 4.79 Å². The first-order valence-corrected chi connectivity index (χ1v) is 7.29. The quantitative estimate of drug-likeness (QED) is 0.831. The van der Waals surface area contributed by atoms with Crippen LogP contribution in [0.15, 0.2) is 54.6 Å². The van der Waals surface area contributed by atoms with Crippen LogP contribution in [-0.2, 0) is 4.79 Å². The van der Waals surface area contributed by atoms with Gasteiger partial charge in [0, 0.05) is 5.56 Å². The highest BCUT2D eigenvalue weighted by molar-refractivity contribution is 7.80. The fraction of sp³-hybridized carbons (Fsp3) is 0.176. The molecule has 0 aliphatic rings. The number of benzene rings is 2. The third-order valence-electron chi connectivity index (χ3n) is 3.38. The normalized spacial score (nSPS) is 11.7. The van der Waals surface area contributed by atoms with Gasteiger partial charge < -0.3 is 11.1 Å². The van der Waals surface area contributed by atoms with Crippen molar-refractivity contribution in [3.63, 3.8) is 0 Å². The Labute approximate surface area is 130 Å². The third kappa shape index (κ3) is 3.67. The van der Waals surface area contributed by atoms with Crippen molar-refractivity contribution >= 4 is 28.8 Å². The predicted molar refractivity (Wildman–Crippen MR) is 90.4 cm³/mol. The minimum atomic E-state index is -0.189. The van der Waals surface area contributed by atoms with Crippen LogP contribution in [0.5, 0.6) is 0 Å². The standard InChI is InChI=1S/C17H18N2OS/c1-2-13(12-8-4-3-5-9-12)17(20)19-15-11-7-6-10-14(15)16(18)21/h3-11,13H,2H2,1H3,(H2,18,21)(H,19,20). The molecule has 3 nitrogen and oxygen atoms in total. The molecule has 3 N–H and O–H groups in total. The number of hydrogen-bond acceptors (Lipinski definition) is 2. The maximum Gasteiger partial charge on any atom is 0.231 e. The molecule has 0 aromatic heterocycles. The zero-order chi connectivity index (χ0) is 15.2. The average Bonchev–Trinajstić information content (AvgIpc) is 2.49. The number of carbonyl (C=O) groups excluding carboxylic acids is 1. The van der Waals surface area contributed by atoms with Crippen molar-refractivity contribution in [2.45, 2.75) is 19.3 Å². The Hall–Kier alpha value is -2.20. The number of anilines is 1. The summed E-state index contributed by atoms with van der Waals surface area (Å²) in [6.45, 7) is 2.00. The lowest BCUT2D eigenvalue weighted by Crippen LogP contribution is -2.23. The molecule has 0 radical (unpaired) electrons. The van der Waals surface area contributed by atoms with Crippen LogP contribution in [-0.4, -0.2) is 10.9 Å². The molecular formula is C17H18N2OS. The van der Waals surface area contributed by atoms with Crippen LogP contribution in [0.1, 0.15) is 30.4 Å². The van der Waals surface area contributed by atoms with E-state index in [1.165, 1.54) is 0 Å². The number of nitrogens with two attached hydrogens (primary N) is 1. The molecule has 4 heteroatoms. The summed E-state index contributed by atoms with van der Waals surface area (Å²) in [7, 11) is 0. The smallest absolute Gasteiger partial charge is 0.231 e. The number of hydrogen-bond donors (Lipinski definition) is 2. The first-order valence-electron chi connectivity index (χ1n) is 6.88. The van der Waals surface area contributed by atoms with Crippen LogP contribution < -0.4 is 11.1 Å². The molecular weight excluding hydrogens is 280 g/mol. The molecule has 0 saturated heterocycles. The van der Waals surface area contributed by atoms with Crippen LogP contribution in [0, 0.1) is 0 Å². The summed E-state index contributed by atoms with van der Waals surface area (Å²) in [5.41, 5.74) is 8.04. The molecule has 0 heterocycles. The molecule has 1 unspecified atom stereocenters. The Morgan fingerprint density at radius 2 is 1.76 bits per heavy atom. The third-order valence-corrected chi connectivity index (χ3v) is 3.60. The van der Waals surface area contributed by atoms with Gasteiger partial charge in [0.05, 0.1) is 11.6 Å². The van der Waals surface area contributed by atoms with Crippen molar-refractivity contribution in [1.82, 2.24) is 0 Å². The van der Waals surface area contributed by atoms with Gasteiger partial charge in [-0.25, -0.2) is 0 Å². The summed E-state index contributed by atoms with van der Waals surface area (Å²) in [4.78, 5) is 12.8. The summed E-state index contributed by atoms with van der Waals surface area (Å²) in [6.07, 6.45) is 0.727. The molecule has 0 aliphatic carbocycles. The lowest BCUT2D eigenvalue weighted by atomic mass is 9.95. The van der Waals surface area contributed by atoms with Gasteiger partial charge in [-0.3, -0.25) is 4.79 Å². The van der Waals surface area contributed by atoms with E-state index in [0.717, 1.165) is 12.0 Å². The number of thiocarbonyl (C=S) groups is 1. The van der Waals surface area contributed by atoms with Crippen molar-refractivity contribution in [3.05, 3.63) is 65.7 Å². The van der Waals surface area contributed by atoms with Crippen LogP contribution >= 0.6 is 12.2 Å². The molecule has 21 heavy (non-hydrogen) atoms. The van der Waals surface area contributed by atoms with E-state index in [1.807, 2.05) is 55.5 Å². The molecule has 0 bridgehead atoms. The van der Waals surface area contributed by atoms with Gasteiger partial charge in [-0.15, -0.1) is 0 Å². The number of nitrogens with one attached hydrogen (secondary N) is 1. The first kappa shape index (κ1) is 15.2. The molecule has 108 valence electrons. The molecule has 1 amide bonds. The number of amides is 1. The molecule has 2 aromatic carbocycles. The van der Waals surface area contributed by atoms with E-state index in [9.17, 15) is 4.79 Å². The molecule has 1 atom stereocenters. The van der Waals surface area contributed by atoms with E-state index in [2.05, 4.69) is 5.32 Å². The summed E-state index contributed by atoms with van der Waals surface area (Å²) in [6, 6.07) is 17.1. The first-order chi connectivity index (χ1) is 10.1. The molecule has 0 saturated carbocycles. The lowest BCUT2D eigenvalue weighted by Gasteiger charge is -2.17. The van der Waals surface area contributed by atoms with Gasteiger partial charge in [0.15, 0.2) is 0 Å². The van der Waals surface area contributed by atoms with E-state index < -0.39 is 0 Å². The van der Waals surface area contributed by atoms with E-state index in [1.54, 1.807) is 6.07 Å². The fourth-order valence-electron chi connectivity index (χ4n) is 2.28. The van der Waals surface area contributed by atoms with Crippen LogP contribution in [0.25, 0.3) is 0 Å². The Morgan fingerprint density at radius 3 is 2.38 bits per heavy atom. The molecule has 0 fully saturated rings. The number of para-hydroxylation sites is 1. The monoisotopic (exact) mass is 298 g/mol. The molecule has 2 rings (SSSR count). The van der Waals surface area contributed by atoms with E-state index in [-0.39, 0.29) is 16.8 Å². The largest absolute Gasteiger partial charge is 0.389 e. The minimum absolute atomic E-state index is 0.0487. The van der Waals surface area contributed by atoms with Gasteiger partial charge in [-0.2, -0.15) is 0 Å². The predicted octanol–water partition coefficient (Wildman–Crippen LogP) is 3.45. The van der Waals surface area contributed by atoms with Crippen LogP contribution in [0.2, 0.25) is 0 Å². The second-order valence-electron chi connectivity index (χ2n) is 4.77. The average molecular weight is 298 g/mol. The summed E-state index contributed by atoms with van der Waals surface area (Å²) in [5.74, 6) is -0.238. The van der Waals surface area contributed by atoms with Crippen LogP contribution in [0.4, 0.5) is 5.69 Å². The summed E-state index contributed by atoms with van der Waals surface area (Å²) >= 11 is 5.02. The number of carbonyl (C=O) groups is 1. The van der Waals surface area contributed by atoms with Crippen LogP contribution in [0.3, 0.4) is 0 Å². The minimum Gasteiger partial charge on any atom is -0.389 e. The highest BCUT2D eigenvalue weighted by Crippen LogP contribution is 2.23. The zero-order valence-electron chi connectivity index (χ0n) is 11.9. The highest BCUT2D eigenvalue weighted by Gasteiger charge is 2.19. The second kappa shape index (κ2) is 6.99. The molecule has 0 aliphatic heterocycles. The second-order valence-corrected chi connectivity index (χ2v) is 5.21. The van der Waals surface area contributed by atoms with E-state index in [4.69, 9.17) is 18.0 Å². The summed E-state index contributed by atoms with van der Waals surface area (Å²) in [5, 5.41) is 2.93. The van der Waals surface area contributed by atoms with Gasteiger partial charge in [0.25, 0.3) is 0 Å². The van der Waals surface area contributed by atoms with E-state index >= 15 is 0 Å². The SMILES string of the molecule is CCC(C(=O)Nc1ccccc1C(N)=S)c1ccccc1. The van der Waals surface area contributed by atoms with E-state index in [0.29, 0.717) is 11.3 Å². The molecule has 0 spiro atoms. The summed E-state index contributed by atoms with van der Waals surface area (Å²) < 4.78 is 0. The Balaban J connectivity index is 2.23. The van der Waals surface area contributed by atoms with Gasteiger partial charge in [0.1, 0.15) is 4.99 Å². The lowest BCUT2D eigenvalue weighted by molar-refractivity contribution is -0.117. The Bertz CT molecular complexity index is 640. The Morgan fingerprint density at radius 1 is 1.14 bits per heavy atom. The van der Waals surface area contributed by atoms with Crippen molar-refractivity contribution in [3.8, 4) is 0 Å².